The maximum atomic E-state index is 12.4. The standard InChI is InChI=1S/C18H21N5O3S/c1-11-5-4-7-23-15(12(2)19-16(11)23)10-22-8-6-14-13(9-22)17(24)21-18(20-14)27(3,25)26/h4-5,7H,6,8-10H2,1-3H3,(H,20,21,24). The van der Waals surface area contributed by atoms with Gasteiger partial charge in [-0.1, -0.05) is 6.07 Å². The summed E-state index contributed by atoms with van der Waals surface area (Å²) < 4.78 is 25.5. The Morgan fingerprint density at radius 1 is 1.26 bits per heavy atom. The number of nitrogens with one attached hydrogen (secondary N) is 1. The van der Waals surface area contributed by atoms with E-state index in [1.807, 2.05) is 32.2 Å². The normalized spacial score (nSPS) is 15.2. The van der Waals surface area contributed by atoms with Gasteiger partial charge in [0.25, 0.3) is 5.56 Å². The first-order valence-corrected chi connectivity index (χ1v) is 10.6. The number of nitrogens with zero attached hydrogens (tertiary/aromatic N) is 4. The van der Waals surface area contributed by atoms with E-state index in [0.29, 0.717) is 37.3 Å². The van der Waals surface area contributed by atoms with E-state index in [9.17, 15) is 13.2 Å². The molecule has 0 fully saturated rings. The molecule has 0 radical (unpaired) electrons. The van der Waals surface area contributed by atoms with E-state index in [-0.39, 0.29) is 10.7 Å². The predicted molar refractivity (Wildman–Crippen MR) is 100 cm³/mol. The minimum Gasteiger partial charge on any atom is -0.302 e. The largest absolute Gasteiger partial charge is 0.302 e. The third-order valence-corrected chi connectivity index (χ3v) is 5.89. The molecule has 0 saturated carbocycles. The van der Waals surface area contributed by atoms with Crippen LogP contribution in [0.5, 0.6) is 0 Å². The summed E-state index contributed by atoms with van der Waals surface area (Å²) in [6, 6.07) is 4.03. The smallest absolute Gasteiger partial charge is 0.256 e. The molecule has 0 saturated heterocycles. The van der Waals surface area contributed by atoms with Gasteiger partial charge < -0.3 is 4.40 Å². The van der Waals surface area contributed by atoms with Crippen LogP contribution in [0, 0.1) is 13.8 Å². The van der Waals surface area contributed by atoms with Gasteiger partial charge in [-0.2, -0.15) is 0 Å². The number of fused-ring (bicyclic) bond motifs is 2. The fourth-order valence-corrected chi connectivity index (χ4v) is 4.09. The lowest BCUT2D eigenvalue weighted by atomic mass is 10.1. The summed E-state index contributed by atoms with van der Waals surface area (Å²) in [4.78, 5) is 25.8. The van der Waals surface area contributed by atoms with Crippen LogP contribution in [-0.2, 0) is 29.3 Å². The Bertz CT molecular complexity index is 1210. The third-order valence-electron chi connectivity index (χ3n) is 4.99. The van der Waals surface area contributed by atoms with Gasteiger partial charge in [-0.25, -0.2) is 18.4 Å². The molecule has 0 bridgehead atoms. The monoisotopic (exact) mass is 387 g/mol. The topological polar surface area (TPSA) is 100 Å². The molecule has 1 aliphatic rings. The molecule has 27 heavy (non-hydrogen) atoms. The van der Waals surface area contributed by atoms with Crippen molar-refractivity contribution in [2.24, 2.45) is 0 Å². The quantitative estimate of drug-likeness (QED) is 0.673. The van der Waals surface area contributed by atoms with Crippen LogP contribution in [0.25, 0.3) is 5.65 Å². The Balaban J connectivity index is 1.66. The Kier molecular flexibility index (Phi) is 4.15. The molecule has 1 aliphatic heterocycles. The zero-order valence-corrected chi connectivity index (χ0v) is 16.3. The third kappa shape index (κ3) is 3.17. The zero-order valence-electron chi connectivity index (χ0n) is 15.5. The number of hydrogen-bond donors (Lipinski definition) is 1. The molecule has 0 amide bonds. The minimum absolute atomic E-state index is 0.257. The molecule has 1 N–H and O–H groups in total. The second kappa shape index (κ2) is 6.28. The molecule has 4 heterocycles. The van der Waals surface area contributed by atoms with Crippen LogP contribution in [-0.4, -0.2) is 45.5 Å². The molecule has 3 aromatic rings. The number of aromatic nitrogens is 4. The van der Waals surface area contributed by atoms with Gasteiger partial charge in [0.2, 0.25) is 15.0 Å². The van der Waals surface area contributed by atoms with Crippen molar-refractivity contribution >= 4 is 15.5 Å². The van der Waals surface area contributed by atoms with Crippen molar-refractivity contribution in [3.05, 3.63) is 56.9 Å². The van der Waals surface area contributed by atoms with Gasteiger partial charge in [0.15, 0.2) is 0 Å². The molecule has 0 aliphatic carbocycles. The van der Waals surface area contributed by atoms with Crippen molar-refractivity contribution < 1.29 is 8.42 Å². The maximum Gasteiger partial charge on any atom is 0.256 e. The lowest BCUT2D eigenvalue weighted by Crippen LogP contribution is -2.36. The summed E-state index contributed by atoms with van der Waals surface area (Å²) in [5.41, 5.74) is 4.85. The van der Waals surface area contributed by atoms with Crippen LogP contribution >= 0.6 is 0 Å². The summed E-state index contributed by atoms with van der Waals surface area (Å²) in [6.45, 7) is 5.81. The number of rotatable bonds is 3. The molecule has 4 rings (SSSR count). The minimum atomic E-state index is -3.54. The molecule has 3 aromatic heterocycles. The van der Waals surface area contributed by atoms with Gasteiger partial charge >= 0.3 is 0 Å². The summed E-state index contributed by atoms with van der Waals surface area (Å²) in [5.74, 6) is 0. The summed E-state index contributed by atoms with van der Waals surface area (Å²) in [6.07, 6.45) is 3.58. The zero-order chi connectivity index (χ0) is 19.3. The lowest BCUT2D eigenvalue weighted by molar-refractivity contribution is 0.237. The Labute approximate surface area is 156 Å². The van der Waals surface area contributed by atoms with E-state index in [0.717, 1.165) is 28.9 Å². The number of H-pyrrole nitrogens is 1. The van der Waals surface area contributed by atoms with E-state index in [2.05, 4.69) is 24.3 Å². The molecule has 0 atom stereocenters. The van der Waals surface area contributed by atoms with Crippen LogP contribution in [0.2, 0.25) is 0 Å². The maximum absolute atomic E-state index is 12.4. The predicted octanol–water partition coefficient (Wildman–Crippen LogP) is 0.996. The van der Waals surface area contributed by atoms with Crippen LogP contribution in [0.3, 0.4) is 0 Å². The summed E-state index contributed by atoms with van der Waals surface area (Å²) in [5, 5.41) is -0.257. The average molecular weight is 387 g/mol. The van der Waals surface area contributed by atoms with Gasteiger partial charge in [0.1, 0.15) is 5.65 Å². The summed E-state index contributed by atoms with van der Waals surface area (Å²) >= 11 is 0. The fraction of sp³-hybridized carbons (Fsp3) is 0.389. The first-order valence-electron chi connectivity index (χ1n) is 8.71. The summed E-state index contributed by atoms with van der Waals surface area (Å²) in [7, 11) is -3.54. The average Bonchev–Trinajstić information content (AvgIpc) is 2.92. The van der Waals surface area contributed by atoms with Crippen molar-refractivity contribution in [3.63, 3.8) is 0 Å². The van der Waals surface area contributed by atoms with Crippen LogP contribution < -0.4 is 5.56 Å². The highest BCUT2D eigenvalue weighted by Crippen LogP contribution is 2.21. The SMILES string of the molecule is Cc1nc2c(C)cccn2c1CN1CCc2nc(S(C)(=O)=O)[nH]c(=O)c2C1. The molecular weight excluding hydrogens is 366 g/mol. The Morgan fingerprint density at radius 3 is 2.78 bits per heavy atom. The van der Waals surface area contributed by atoms with Crippen LogP contribution in [0.15, 0.2) is 28.3 Å². The van der Waals surface area contributed by atoms with Gasteiger partial charge in [0, 0.05) is 38.5 Å². The molecular formula is C18H21N5O3S. The van der Waals surface area contributed by atoms with E-state index >= 15 is 0 Å². The van der Waals surface area contributed by atoms with E-state index < -0.39 is 9.84 Å². The number of aryl methyl sites for hydroxylation is 2. The number of sulfone groups is 1. The highest BCUT2D eigenvalue weighted by Gasteiger charge is 2.24. The van der Waals surface area contributed by atoms with Crippen molar-refractivity contribution in [2.45, 2.75) is 38.5 Å². The van der Waals surface area contributed by atoms with Gasteiger partial charge in [0.05, 0.1) is 22.6 Å². The van der Waals surface area contributed by atoms with Crippen molar-refractivity contribution in [3.8, 4) is 0 Å². The van der Waals surface area contributed by atoms with E-state index in [1.54, 1.807) is 0 Å². The molecule has 8 nitrogen and oxygen atoms in total. The lowest BCUT2D eigenvalue weighted by Gasteiger charge is -2.27. The molecule has 0 spiro atoms. The van der Waals surface area contributed by atoms with Gasteiger partial charge in [-0.15, -0.1) is 0 Å². The number of imidazole rings is 1. The van der Waals surface area contributed by atoms with Crippen LogP contribution in [0.1, 0.15) is 28.2 Å². The van der Waals surface area contributed by atoms with Gasteiger partial charge in [-0.3, -0.25) is 14.7 Å². The highest BCUT2D eigenvalue weighted by molar-refractivity contribution is 7.90. The van der Waals surface area contributed by atoms with E-state index in [4.69, 9.17) is 0 Å². The molecule has 9 heteroatoms. The van der Waals surface area contributed by atoms with Crippen LogP contribution in [0.4, 0.5) is 0 Å². The molecule has 142 valence electrons. The molecule has 0 unspecified atom stereocenters. The molecule has 0 aromatic carbocycles. The number of pyridine rings is 1. The Morgan fingerprint density at radius 2 is 2.04 bits per heavy atom. The second-order valence-electron chi connectivity index (χ2n) is 7.06. The highest BCUT2D eigenvalue weighted by atomic mass is 32.2. The van der Waals surface area contributed by atoms with E-state index in [1.165, 1.54) is 0 Å². The first kappa shape index (κ1) is 17.9. The number of aromatic amines is 1. The Hall–Kier alpha value is -2.52. The van der Waals surface area contributed by atoms with Crippen molar-refractivity contribution in [2.75, 3.05) is 12.8 Å². The van der Waals surface area contributed by atoms with Gasteiger partial charge in [-0.05, 0) is 25.5 Å². The fourth-order valence-electron chi connectivity index (χ4n) is 3.54. The van der Waals surface area contributed by atoms with Crippen molar-refractivity contribution in [1.82, 2.24) is 24.3 Å². The number of hydrogen-bond acceptors (Lipinski definition) is 6. The first-order chi connectivity index (χ1) is 12.7. The van der Waals surface area contributed by atoms with Crippen molar-refractivity contribution in [1.29, 1.82) is 0 Å². The second-order valence-corrected chi connectivity index (χ2v) is 8.99.